The molecule has 27 heavy (non-hydrogen) atoms. The third-order valence-corrected chi connectivity index (χ3v) is 5.80. The van der Waals surface area contributed by atoms with Crippen molar-refractivity contribution in [2.24, 2.45) is 4.99 Å². The zero-order valence-corrected chi connectivity index (χ0v) is 15.8. The molecule has 4 heterocycles. The number of H-pyrrole nitrogens is 1. The lowest BCUT2D eigenvalue weighted by Crippen LogP contribution is -2.31. The van der Waals surface area contributed by atoms with Gasteiger partial charge in [0, 0.05) is 61.5 Å². The Morgan fingerprint density at radius 1 is 1.19 bits per heavy atom. The molecule has 0 fully saturated rings. The van der Waals surface area contributed by atoms with E-state index in [4.69, 9.17) is 4.98 Å². The Labute approximate surface area is 159 Å². The molecular formula is C22H25N5. The summed E-state index contributed by atoms with van der Waals surface area (Å²) < 4.78 is 0. The van der Waals surface area contributed by atoms with E-state index in [-0.39, 0.29) is 0 Å². The molecule has 2 aromatic heterocycles. The molecule has 0 unspecified atom stereocenters. The molecule has 2 aliphatic heterocycles. The lowest BCUT2D eigenvalue weighted by atomic mass is 10.0. The van der Waals surface area contributed by atoms with Crippen molar-refractivity contribution in [3.05, 3.63) is 58.8 Å². The Kier molecular flexibility index (Phi) is 4.24. The zero-order valence-electron chi connectivity index (χ0n) is 15.8. The second-order valence-corrected chi connectivity index (χ2v) is 7.72. The number of nitrogens with one attached hydrogen (secondary N) is 1. The van der Waals surface area contributed by atoms with Crippen LogP contribution in [0, 0.1) is 6.92 Å². The standard InChI is InChI=1S/C22H25N5/c1-15-5-4-6-18-16(11-24-21(15)18)13-27-10-8-19-17(14-27)12-25-22(26-19)20-7-2-3-9-23-20/h4-6,11-12,24H,2-3,7-10,13-14H2,1H3. The smallest absolute Gasteiger partial charge is 0.173 e. The maximum atomic E-state index is 4.86. The number of fused-ring (bicyclic) bond motifs is 2. The number of aromatic nitrogens is 3. The summed E-state index contributed by atoms with van der Waals surface area (Å²) >= 11 is 0. The first-order valence-corrected chi connectivity index (χ1v) is 9.94. The van der Waals surface area contributed by atoms with Gasteiger partial charge >= 0.3 is 0 Å². The molecule has 0 saturated carbocycles. The third kappa shape index (κ3) is 3.16. The molecule has 0 amide bonds. The van der Waals surface area contributed by atoms with Crippen molar-refractivity contribution in [3.8, 4) is 0 Å². The Balaban J connectivity index is 1.35. The Hall–Kier alpha value is -2.53. The normalized spacial score (nSPS) is 17.7. The fourth-order valence-corrected chi connectivity index (χ4v) is 4.26. The van der Waals surface area contributed by atoms with Crippen LogP contribution in [0.5, 0.6) is 0 Å². The highest BCUT2D eigenvalue weighted by atomic mass is 15.1. The average Bonchev–Trinajstić information content (AvgIpc) is 3.12. The van der Waals surface area contributed by atoms with Crippen molar-refractivity contribution >= 4 is 16.6 Å². The summed E-state index contributed by atoms with van der Waals surface area (Å²) in [7, 11) is 0. The van der Waals surface area contributed by atoms with Gasteiger partial charge in [-0.25, -0.2) is 9.97 Å². The molecule has 2 aliphatic rings. The molecule has 138 valence electrons. The van der Waals surface area contributed by atoms with Gasteiger partial charge < -0.3 is 4.98 Å². The van der Waals surface area contributed by atoms with Gasteiger partial charge in [0.15, 0.2) is 5.82 Å². The van der Waals surface area contributed by atoms with Gasteiger partial charge in [-0.2, -0.15) is 0 Å². The van der Waals surface area contributed by atoms with Crippen molar-refractivity contribution in [2.75, 3.05) is 13.1 Å². The fraction of sp³-hybridized carbons (Fsp3) is 0.409. The van der Waals surface area contributed by atoms with Crippen LogP contribution in [0.2, 0.25) is 0 Å². The fourth-order valence-electron chi connectivity index (χ4n) is 4.26. The van der Waals surface area contributed by atoms with Gasteiger partial charge in [0.05, 0.1) is 11.4 Å². The molecule has 5 rings (SSSR count). The van der Waals surface area contributed by atoms with Gasteiger partial charge in [-0.15, -0.1) is 0 Å². The Bertz CT molecular complexity index is 1020. The van der Waals surface area contributed by atoms with Gasteiger partial charge in [0.2, 0.25) is 0 Å². The van der Waals surface area contributed by atoms with Crippen LogP contribution in [-0.2, 0) is 19.5 Å². The number of hydrogen-bond acceptors (Lipinski definition) is 4. The zero-order chi connectivity index (χ0) is 18.2. The first-order chi connectivity index (χ1) is 13.3. The Morgan fingerprint density at radius 2 is 2.15 bits per heavy atom. The van der Waals surface area contributed by atoms with E-state index in [2.05, 4.69) is 51.2 Å². The molecular weight excluding hydrogens is 334 g/mol. The van der Waals surface area contributed by atoms with E-state index < -0.39 is 0 Å². The van der Waals surface area contributed by atoms with Crippen molar-refractivity contribution < 1.29 is 0 Å². The summed E-state index contributed by atoms with van der Waals surface area (Å²) in [6.45, 7) is 5.99. The number of hydrogen-bond donors (Lipinski definition) is 1. The third-order valence-electron chi connectivity index (χ3n) is 5.80. The van der Waals surface area contributed by atoms with Gasteiger partial charge in [-0.1, -0.05) is 18.2 Å². The van der Waals surface area contributed by atoms with E-state index in [0.717, 1.165) is 50.6 Å². The monoisotopic (exact) mass is 359 g/mol. The molecule has 1 aromatic carbocycles. The van der Waals surface area contributed by atoms with E-state index >= 15 is 0 Å². The summed E-state index contributed by atoms with van der Waals surface area (Å²) in [6.07, 6.45) is 8.59. The molecule has 0 bridgehead atoms. The predicted octanol–water partition coefficient (Wildman–Crippen LogP) is 3.80. The molecule has 0 atom stereocenters. The van der Waals surface area contributed by atoms with Crippen LogP contribution in [0.25, 0.3) is 10.9 Å². The number of benzene rings is 1. The van der Waals surface area contributed by atoms with Crippen LogP contribution in [0.3, 0.4) is 0 Å². The average molecular weight is 359 g/mol. The van der Waals surface area contributed by atoms with Crippen LogP contribution in [0.1, 0.15) is 47.5 Å². The van der Waals surface area contributed by atoms with Crippen LogP contribution in [0.4, 0.5) is 0 Å². The first kappa shape index (κ1) is 16.6. The maximum Gasteiger partial charge on any atom is 0.173 e. The highest BCUT2D eigenvalue weighted by molar-refractivity contribution is 5.97. The van der Waals surface area contributed by atoms with E-state index in [9.17, 15) is 0 Å². The Morgan fingerprint density at radius 3 is 3.04 bits per heavy atom. The number of aromatic amines is 1. The van der Waals surface area contributed by atoms with E-state index in [1.165, 1.54) is 46.1 Å². The molecule has 3 aromatic rings. The largest absolute Gasteiger partial charge is 0.361 e. The molecule has 0 spiro atoms. The molecule has 0 aliphatic carbocycles. The SMILES string of the molecule is Cc1cccc2c(CN3CCc4nc(C5=NCCCC5)ncc4C3)c[nH]c12. The van der Waals surface area contributed by atoms with Crippen molar-refractivity contribution in [3.63, 3.8) is 0 Å². The highest BCUT2D eigenvalue weighted by Crippen LogP contribution is 2.25. The minimum atomic E-state index is 0.856. The van der Waals surface area contributed by atoms with Crippen LogP contribution in [0.15, 0.2) is 35.6 Å². The minimum absolute atomic E-state index is 0.856. The second kappa shape index (κ2) is 6.89. The van der Waals surface area contributed by atoms with Crippen molar-refractivity contribution in [1.29, 1.82) is 0 Å². The highest BCUT2D eigenvalue weighted by Gasteiger charge is 2.21. The number of aliphatic imine (C=N–C) groups is 1. The lowest BCUT2D eigenvalue weighted by Gasteiger charge is -2.28. The molecule has 0 radical (unpaired) electrons. The van der Waals surface area contributed by atoms with E-state index in [0.29, 0.717) is 0 Å². The molecule has 1 N–H and O–H groups in total. The van der Waals surface area contributed by atoms with Gasteiger partial charge in [-0.05, 0) is 37.3 Å². The number of para-hydroxylation sites is 1. The van der Waals surface area contributed by atoms with Crippen LogP contribution in [-0.4, -0.2) is 38.7 Å². The molecule has 5 heteroatoms. The van der Waals surface area contributed by atoms with Crippen LogP contribution >= 0.6 is 0 Å². The topological polar surface area (TPSA) is 57.2 Å². The summed E-state index contributed by atoms with van der Waals surface area (Å²) in [6, 6.07) is 6.52. The number of aryl methyl sites for hydroxylation is 1. The lowest BCUT2D eigenvalue weighted by molar-refractivity contribution is 0.243. The number of nitrogens with zero attached hydrogens (tertiary/aromatic N) is 4. The predicted molar refractivity (Wildman–Crippen MR) is 108 cm³/mol. The van der Waals surface area contributed by atoms with Crippen molar-refractivity contribution in [1.82, 2.24) is 19.9 Å². The van der Waals surface area contributed by atoms with Gasteiger partial charge in [-0.3, -0.25) is 9.89 Å². The summed E-state index contributed by atoms with van der Waals surface area (Å²) in [5.41, 5.74) is 7.49. The molecule has 0 saturated heterocycles. The van der Waals surface area contributed by atoms with E-state index in [1.54, 1.807) is 0 Å². The summed E-state index contributed by atoms with van der Waals surface area (Å²) in [4.78, 5) is 20.1. The maximum absolute atomic E-state index is 4.86. The number of rotatable bonds is 3. The second-order valence-electron chi connectivity index (χ2n) is 7.72. The van der Waals surface area contributed by atoms with Crippen molar-refractivity contribution in [2.45, 2.75) is 45.7 Å². The summed E-state index contributed by atoms with van der Waals surface area (Å²) in [5, 5.41) is 1.34. The quantitative estimate of drug-likeness (QED) is 0.774. The van der Waals surface area contributed by atoms with Crippen LogP contribution < -0.4 is 0 Å². The van der Waals surface area contributed by atoms with E-state index in [1.807, 2.05) is 6.20 Å². The van der Waals surface area contributed by atoms with Gasteiger partial charge in [0.1, 0.15) is 0 Å². The molecule has 5 nitrogen and oxygen atoms in total. The van der Waals surface area contributed by atoms with Gasteiger partial charge in [0.25, 0.3) is 0 Å². The first-order valence-electron chi connectivity index (χ1n) is 9.94. The minimum Gasteiger partial charge on any atom is -0.361 e. The summed E-state index contributed by atoms with van der Waals surface area (Å²) in [5.74, 6) is 0.856.